The molecule has 5 nitrogen and oxygen atoms in total. The van der Waals surface area contributed by atoms with Crippen LogP contribution in [-0.2, 0) is 25.8 Å². The van der Waals surface area contributed by atoms with Crippen LogP contribution in [0.1, 0.15) is 30.9 Å². The third kappa shape index (κ3) is 2.54. The van der Waals surface area contributed by atoms with Gasteiger partial charge in [0, 0.05) is 18.8 Å². The number of aliphatic carboxylic acids is 1. The van der Waals surface area contributed by atoms with Crippen LogP contribution in [0.15, 0.2) is 24.3 Å². The monoisotopic (exact) mass is 326 g/mol. The molecule has 22 heavy (non-hydrogen) atoms. The van der Waals surface area contributed by atoms with Gasteiger partial charge in [-0.25, -0.2) is 8.42 Å². The second-order valence-corrected chi connectivity index (χ2v) is 8.13. The third-order valence-electron chi connectivity index (χ3n) is 4.57. The first-order valence-electron chi connectivity index (χ1n) is 7.37. The molecule has 0 unspecified atom stereocenters. The topological polar surface area (TPSA) is 80.7 Å². The van der Waals surface area contributed by atoms with Gasteiger partial charge in [0.1, 0.15) is 5.41 Å². The van der Waals surface area contributed by atoms with Gasteiger partial charge in [0.25, 0.3) is 0 Å². The molecule has 0 spiro atoms. The molecule has 0 heterocycles. The highest BCUT2D eigenvalue weighted by atomic mass is 32.2. The molecular weight excluding hydrogens is 304 g/mol. The minimum atomic E-state index is -3.47. The maximum atomic E-state index is 12.3. The Morgan fingerprint density at radius 1 is 1.27 bits per heavy atom. The molecule has 1 N–H and O–H groups in total. The predicted octanol–water partition coefficient (Wildman–Crippen LogP) is 1.87. The van der Waals surface area contributed by atoms with Gasteiger partial charge in [0.05, 0.1) is 11.9 Å². The fourth-order valence-corrected chi connectivity index (χ4v) is 5.32. The van der Waals surface area contributed by atoms with Gasteiger partial charge in [-0.3, -0.25) is 4.79 Å². The fraction of sp³-hybridized carbons (Fsp3) is 0.562. The molecule has 2 rings (SSSR count). The number of aryl methyl sites for hydroxylation is 1. The number of methoxy groups -OCH3 is 1. The average molecular weight is 326 g/mol. The number of sulfone groups is 1. The number of benzene rings is 1. The lowest BCUT2D eigenvalue weighted by molar-refractivity contribution is -0.145. The first-order valence-corrected chi connectivity index (χ1v) is 9.09. The van der Waals surface area contributed by atoms with E-state index in [1.807, 2.05) is 31.2 Å². The Bertz CT molecular complexity index is 650. The van der Waals surface area contributed by atoms with Gasteiger partial charge in [-0.15, -0.1) is 0 Å². The number of rotatable bonds is 7. The molecule has 0 aliphatic heterocycles. The largest absolute Gasteiger partial charge is 0.481 e. The zero-order valence-electron chi connectivity index (χ0n) is 13.1. The summed E-state index contributed by atoms with van der Waals surface area (Å²) >= 11 is 0. The summed E-state index contributed by atoms with van der Waals surface area (Å²) in [6.07, 6.45) is 0.879. The van der Waals surface area contributed by atoms with Gasteiger partial charge in [0.2, 0.25) is 0 Å². The summed E-state index contributed by atoms with van der Waals surface area (Å²) in [5.74, 6) is -1.73. The van der Waals surface area contributed by atoms with Crippen molar-refractivity contribution in [3.05, 3.63) is 35.4 Å². The summed E-state index contributed by atoms with van der Waals surface area (Å²) in [6.45, 7) is 3.47. The van der Waals surface area contributed by atoms with Crippen LogP contribution in [0.3, 0.4) is 0 Å². The number of carboxylic acid groups (broad SMARTS) is 1. The van der Waals surface area contributed by atoms with Crippen molar-refractivity contribution >= 4 is 15.8 Å². The zero-order valence-corrected chi connectivity index (χ0v) is 13.9. The molecule has 0 saturated heterocycles. The van der Waals surface area contributed by atoms with Gasteiger partial charge in [-0.1, -0.05) is 38.1 Å². The van der Waals surface area contributed by atoms with Crippen molar-refractivity contribution in [2.75, 3.05) is 19.5 Å². The molecule has 0 radical (unpaired) electrons. The molecule has 6 heteroatoms. The molecule has 1 aromatic carbocycles. The third-order valence-corrected chi connectivity index (χ3v) is 6.85. The lowest BCUT2D eigenvalue weighted by Gasteiger charge is -2.11. The van der Waals surface area contributed by atoms with E-state index < -0.39 is 32.4 Å². The lowest BCUT2D eigenvalue weighted by atomic mass is 9.99. The molecule has 0 amide bonds. The van der Waals surface area contributed by atoms with Crippen molar-refractivity contribution in [1.29, 1.82) is 0 Å². The van der Waals surface area contributed by atoms with Crippen molar-refractivity contribution in [1.82, 2.24) is 0 Å². The molecular formula is C16H22O5S. The maximum absolute atomic E-state index is 12.3. The van der Waals surface area contributed by atoms with Crippen LogP contribution < -0.4 is 0 Å². The molecule has 0 bridgehead atoms. The highest BCUT2D eigenvalue weighted by Crippen LogP contribution is 2.63. The van der Waals surface area contributed by atoms with E-state index in [-0.39, 0.29) is 12.4 Å². The lowest BCUT2D eigenvalue weighted by Crippen LogP contribution is -2.29. The van der Waals surface area contributed by atoms with Crippen molar-refractivity contribution in [2.24, 2.45) is 5.41 Å². The summed E-state index contributed by atoms with van der Waals surface area (Å²) in [7, 11) is -2.07. The van der Waals surface area contributed by atoms with Crippen molar-refractivity contribution < 1.29 is 23.1 Å². The highest BCUT2D eigenvalue weighted by Gasteiger charge is 2.75. The van der Waals surface area contributed by atoms with Gasteiger partial charge in [0.15, 0.2) is 9.84 Å². The van der Waals surface area contributed by atoms with Crippen molar-refractivity contribution in [3.63, 3.8) is 0 Å². The molecule has 1 aliphatic carbocycles. The molecule has 1 fully saturated rings. The molecule has 122 valence electrons. The van der Waals surface area contributed by atoms with Gasteiger partial charge in [-0.2, -0.15) is 0 Å². The smallest absolute Gasteiger partial charge is 0.314 e. The Hall–Kier alpha value is -1.40. The number of hydrogen-bond donors (Lipinski definition) is 1. The normalized spacial score (nSPS) is 27.6. The van der Waals surface area contributed by atoms with Gasteiger partial charge in [-0.05, 0) is 17.5 Å². The van der Waals surface area contributed by atoms with Crippen molar-refractivity contribution in [2.45, 2.75) is 31.4 Å². The maximum Gasteiger partial charge on any atom is 0.314 e. The van der Waals surface area contributed by atoms with Crippen LogP contribution in [0, 0.1) is 5.41 Å². The van der Waals surface area contributed by atoms with Gasteiger partial charge >= 0.3 is 5.97 Å². The predicted molar refractivity (Wildman–Crippen MR) is 83.8 cm³/mol. The van der Waals surface area contributed by atoms with E-state index in [9.17, 15) is 18.3 Å². The molecule has 1 aliphatic rings. The highest BCUT2D eigenvalue weighted by molar-refractivity contribution is 7.92. The number of carbonyl (C=O) groups is 1. The van der Waals surface area contributed by atoms with Crippen LogP contribution in [0.25, 0.3) is 0 Å². The number of ether oxygens (including phenoxy) is 1. The van der Waals surface area contributed by atoms with E-state index in [0.717, 1.165) is 17.5 Å². The molecule has 1 saturated carbocycles. The van der Waals surface area contributed by atoms with Crippen LogP contribution in [0.4, 0.5) is 0 Å². The Morgan fingerprint density at radius 2 is 1.86 bits per heavy atom. The van der Waals surface area contributed by atoms with E-state index in [2.05, 4.69) is 0 Å². The minimum Gasteiger partial charge on any atom is -0.481 e. The standard InChI is InChI=1S/C16H22O5S/c1-4-11-6-8-12(9-7-11)13-14(22(19,20)5-2)16(13,10-21-3)15(17)18/h6-9,13-14H,4-5,10H2,1-3H3,(H,17,18)/t13-,14+,16-/m0/s1. The number of carboxylic acids is 1. The van der Waals surface area contributed by atoms with Crippen LogP contribution >= 0.6 is 0 Å². The zero-order chi connectivity index (χ0) is 16.5. The quantitative estimate of drug-likeness (QED) is 0.827. The Kier molecular flexibility index (Phi) is 4.63. The Labute approximate surface area is 131 Å². The molecule has 0 aromatic heterocycles. The average Bonchev–Trinajstić information content (AvgIpc) is 3.19. The van der Waals surface area contributed by atoms with E-state index in [1.165, 1.54) is 7.11 Å². The van der Waals surface area contributed by atoms with E-state index in [1.54, 1.807) is 6.92 Å². The van der Waals surface area contributed by atoms with Crippen molar-refractivity contribution in [3.8, 4) is 0 Å². The first kappa shape index (κ1) is 17.0. The fourth-order valence-electron chi connectivity index (χ4n) is 3.27. The summed E-state index contributed by atoms with van der Waals surface area (Å²) in [5, 5.41) is 8.73. The Balaban J connectivity index is 2.48. The SMILES string of the molecule is CCc1ccc([C@H]2[C@@H](S(=O)(=O)CC)[C@@]2(COC)C(=O)O)cc1. The summed E-state index contributed by atoms with van der Waals surface area (Å²) in [4.78, 5) is 11.8. The summed E-state index contributed by atoms with van der Waals surface area (Å²) < 4.78 is 29.7. The van der Waals surface area contributed by atoms with Crippen LogP contribution in [0.5, 0.6) is 0 Å². The minimum absolute atomic E-state index is 0.0695. The van der Waals surface area contributed by atoms with Crippen LogP contribution in [-0.4, -0.2) is 44.2 Å². The van der Waals surface area contributed by atoms with E-state index >= 15 is 0 Å². The molecule has 3 atom stereocenters. The van der Waals surface area contributed by atoms with Gasteiger partial charge < -0.3 is 9.84 Å². The van der Waals surface area contributed by atoms with E-state index in [4.69, 9.17) is 4.74 Å². The van der Waals surface area contributed by atoms with E-state index in [0.29, 0.717) is 0 Å². The first-order chi connectivity index (χ1) is 10.3. The molecule has 1 aromatic rings. The van der Waals surface area contributed by atoms with Crippen LogP contribution in [0.2, 0.25) is 0 Å². The Morgan fingerprint density at radius 3 is 2.27 bits per heavy atom. The second kappa shape index (κ2) is 6.01. The summed E-state index contributed by atoms with van der Waals surface area (Å²) in [5.41, 5.74) is 0.503. The summed E-state index contributed by atoms with van der Waals surface area (Å²) in [6, 6.07) is 7.51. The number of hydrogen-bond acceptors (Lipinski definition) is 4. The second-order valence-electron chi connectivity index (χ2n) is 5.72.